The molecule has 0 bridgehead atoms. The number of aromatic nitrogens is 2. The van der Waals surface area contributed by atoms with Crippen molar-refractivity contribution in [1.82, 2.24) is 15.0 Å². The Balaban J connectivity index is 1.80. The van der Waals surface area contributed by atoms with Crippen molar-refractivity contribution < 1.29 is 9.63 Å². The molecule has 1 aromatic rings. The maximum absolute atomic E-state index is 10.1. The quantitative estimate of drug-likeness (QED) is 0.834. The van der Waals surface area contributed by atoms with Gasteiger partial charge < -0.3 is 9.63 Å². The number of β-amino-alcohol motifs (C(OH)–C–C–N with tert-alkyl or cyclic N) is 1. The summed E-state index contributed by atoms with van der Waals surface area (Å²) in [6, 6.07) is 0. The minimum atomic E-state index is -0.487. The topological polar surface area (TPSA) is 62.4 Å². The molecule has 2 rings (SSSR count). The fourth-order valence-corrected chi connectivity index (χ4v) is 2.51. The van der Waals surface area contributed by atoms with Crippen LogP contribution >= 0.6 is 0 Å². The van der Waals surface area contributed by atoms with Crippen LogP contribution in [-0.2, 0) is 13.0 Å². The summed E-state index contributed by atoms with van der Waals surface area (Å²) >= 11 is 0. The van der Waals surface area contributed by atoms with Crippen LogP contribution in [0.4, 0.5) is 0 Å². The molecule has 0 unspecified atom stereocenters. The van der Waals surface area contributed by atoms with Crippen molar-refractivity contribution in [3.8, 4) is 0 Å². The molecule has 1 aliphatic heterocycles. The minimum absolute atomic E-state index is 0.487. The van der Waals surface area contributed by atoms with Gasteiger partial charge >= 0.3 is 0 Å². The fraction of sp³-hybridized carbons (Fsp3) is 0.846. The summed E-state index contributed by atoms with van der Waals surface area (Å²) in [5.41, 5.74) is -0.487. The fourth-order valence-electron chi connectivity index (χ4n) is 2.51. The van der Waals surface area contributed by atoms with Gasteiger partial charge in [-0.1, -0.05) is 32.3 Å². The van der Waals surface area contributed by atoms with E-state index in [9.17, 15) is 5.11 Å². The molecule has 102 valence electrons. The normalized spacial score (nSPS) is 19.2. The van der Waals surface area contributed by atoms with Gasteiger partial charge in [-0.25, -0.2) is 0 Å². The van der Waals surface area contributed by atoms with Crippen molar-refractivity contribution >= 4 is 0 Å². The van der Waals surface area contributed by atoms with Crippen molar-refractivity contribution in [2.45, 2.75) is 52.2 Å². The van der Waals surface area contributed by atoms with E-state index in [1.165, 1.54) is 0 Å². The van der Waals surface area contributed by atoms with Crippen molar-refractivity contribution in [2.24, 2.45) is 5.92 Å². The highest BCUT2D eigenvalue weighted by Crippen LogP contribution is 2.26. The van der Waals surface area contributed by atoms with Crippen LogP contribution in [0, 0.1) is 5.92 Å². The van der Waals surface area contributed by atoms with E-state index in [0.717, 1.165) is 38.2 Å². The van der Waals surface area contributed by atoms with Gasteiger partial charge in [-0.2, -0.15) is 4.98 Å². The molecule has 0 radical (unpaired) electrons. The standard InChI is InChI=1S/C13H23N3O2/c1-4-5-13(17)8-16(9-13)7-11-14-12(18-15-11)6-10(2)3/h10,17H,4-9H2,1-3H3. The zero-order valence-electron chi connectivity index (χ0n) is 11.5. The van der Waals surface area contributed by atoms with Gasteiger partial charge in [-0.05, 0) is 12.3 Å². The van der Waals surface area contributed by atoms with Gasteiger partial charge in [0.15, 0.2) is 5.82 Å². The SMILES string of the molecule is CCCC1(O)CN(Cc2noc(CC(C)C)n2)C1. The first-order valence-corrected chi connectivity index (χ1v) is 6.77. The summed E-state index contributed by atoms with van der Waals surface area (Å²) in [4.78, 5) is 6.52. The predicted octanol–water partition coefficient (Wildman–Crippen LogP) is 1.61. The average Bonchev–Trinajstić information content (AvgIpc) is 2.62. The molecule has 0 amide bonds. The van der Waals surface area contributed by atoms with E-state index in [0.29, 0.717) is 18.4 Å². The van der Waals surface area contributed by atoms with Crippen molar-refractivity contribution in [3.63, 3.8) is 0 Å². The largest absolute Gasteiger partial charge is 0.387 e. The molecule has 0 aromatic carbocycles. The number of aliphatic hydroxyl groups is 1. The second-order valence-corrected chi connectivity index (χ2v) is 5.82. The predicted molar refractivity (Wildman–Crippen MR) is 68.0 cm³/mol. The number of nitrogens with zero attached hydrogens (tertiary/aromatic N) is 3. The molecule has 1 fully saturated rings. The third kappa shape index (κ3) is 3.29. The van der Waals surface area contributed by atoms with Gasteiger partial charge in [0.2, 0.25) is 5.89 Å². The Kier molecular flexibility index (Phi) is 4.02. The third-order valence-electron chi connectivity index (χ3n) is 3.21. The molecule has 0 saturated carbocycles. The molecular weight excluding hydrogens is 230 g/mol. The zero-order valence-corrected chi connectivity index (χ0v) is 11.5. The van der Waals surface area contributed by atoms with Gasteiger partial charge in [0.25, 0.3) is 0 Å². The van der Waals surface area contributed by atoms with E-state index >= 15 is 0 Å². The Morgan fingerprint density at radius 2 is 2.17 bits per heavy atom. The Hall–Kier alpha value is -0.940. The molecule has 0 spiro atoms. The molecule has 0 aliphatic carbocycles. The molecule has 2 heterocycles. The number of rotatable bonds is 6. The summed E-state index contributed by atoms with van der Waals surface area (Å²) in [6.07, 6.45) is 2.71. The van der Waals surface area contributed by atoms with Crippen molar-refractivity contribution in [3.05, 3.63) is 11.7 Å². The Morgan fingerprint density at radius 1 is 1.44 bits per heavy atom. The van der Waals surface area contributed by atoms with Gasteiger partial charge in [-0.15, -0.1) is 0 Å². The maximum Gasteiger partial charge on any atom is 0.226 e. The molecular formula is C13H23N3O2. The smallest absolute Gasteiger partial charge is 0.226 e. The molecule has 1 saturated heterocycles. The lowest BCUT2D eigenvalue weighted by Gasteiger charge is -2.46. The molecule has 1 N–H and O–H groups in total. The van der Waals surface area contributed by atoms with Gasteiger partial charge in [0.05, 0.1) is 12.1 Å². The van der Waals surface area contributed by atoms with Crippen LogP contribution in [0.15, 0.2) is 4.52 Å². The monoisotopic (exact) mass is 253 g/mol. The highest BCUT2D eigenvalue weighted by molar-refractivity contribution is 4.98. The number of likely N-dealkylation sites (tertiary alicyclic amines) is 1. The molecule has 5 heteroatoms. The lowest BCUT2D eigenvalue weighted by molar-refractivity contribution is -0.107. The Morgan fingerprint density at radius 3 is 2.78 bits per heavy atom. The van der Waals surface area contributed by atoms with Crippen LogP contribution in [0.1, 0.15) is 45.3 Å². The van der Waals surface area contributed by atoms with E-state index in [4.69, 9.17) is 4.52 Å². The first-order valence-electron chi connectivity index (χ1n) is 6.77. The van der Waals surface area contributed by atoms with E-state index in [-0.39, 0.29) is 0 Å². The highest BCUT2D eigenvalue weighted by Gasteiger charge is 2.40. The molecule has 0 atom stereocenters. The van der Waals surface area contributed by atoms with Gasteiger partial charge in [-0.3, -0.25) is 4.90 Å². The van der Waals surface area contributed by atoms with Crippen LogP contribution in [0.2, 0.25) is 0 Å². The van der Waals surface area contributed by atoms with Crippen LogP contribution < -0.4 is 0 Å². The lowest BCUT2D eigenvalue weighted by Crippen LogP contribution is -2.61. The van der Waals surface area contributed by atoms with Crippen LogP contribution in [0.25, 0.3) is 0 Å². The third-order valence-corrected chi connectivity index (χ3v) is 3.21. The highest BCUT2D eigenvalue weighted by atomic mass is 16.5. The minimum Gasteiger partial charge on any atom is -0.387 e. The summed E-state index contributed by atoms with van der Waals surface area (Å²) in [5.74, 6) is 1.96. The van der Waals surface area contributed by atoms with E-state index in [1.54, 1.807) is 0 Å². The summed E-state index contributed by atoms with van der Waals surface area (Å²) in [6.45, 7) is 8.46. The maximum atomic E-state index is 10.1. The second-order valence-electron chi connectivity index (χ2n) is 5.82. The molecule has 5 nitrogen and oxygen atoms in total. The number of hydrogen-bond donors (Lipinski definition) is 1. The molecule has 1 aromatic heterocycles. The van der Waals surface area contributed by atoms with Gasteiger partial charge in [0, 0.05) is 19.5 Å². The van der Waals surface area contributed by atoms with Crippen LogP contribution in [0.5, 0.6) is 0 Å². The van der Waals surface area contributed by atoms with E-state index in [2.05, 4.69) is 35.8 Å². The Bertz CT molecular complexity index is 383. The second kappa shape index (κ2) is 5.36. The summed E-state index contributed by atoms with van der Waals surface area (Å²) in [5, 5.41) is 14.1. The van der Waals surface area contributed by atoms with Crippen LogP contribution in [-0.4, -0.2) is 38.8 Å². The molecule has 18 heavy (non-hydrogen) atoms. The van der Waals surface area contributed by atoms with Crippen molar-refractivity contribution in [1.29, 1.82) is 0 Å². The first-order chi connectivity index (χ1) is 8.50. The summed E-state index contributed by atoms with van der Waals surface area (Å²) < 4.78 is 5.19. The Labute approximate surface area is 108 Å². The zero-order chi connectivity index (χ0) is 13.2. The van der Waals surface area contributed by atoms with Crippen LogP contribution in [0.3, 0.4) is 0 Å². The average molecular weight is 253 g/mol. The van der Waals surface area contributed by atoms with E-state index in [1.807, 2.05) is 0 Å². The van der Waals surface area contributed by atoms with E-state index < -0.39 is 5.60 Å². The first kappa shape index (κ1) is 13.5. The van der Waals surface area contributed by atoms with Crippen molar-refractivity contribution in [2.75, 3.05) is 13.1 Å². The number of hydrogen-bond acceptors (Lipinski definition) is 5. The lowest BCUT2D eigenvalue weighted by atomic mass is 9.89. The summed E-state index contributed by atoms with van der Waals surface area (Å²) in [7, 11) is 0. The van der Waals surface area contributed by atoms with Gasteiger partial charge in [0.1, 0.15) is 0 Å². The molecule has 1 aliphatic rings.